The summed E-state index contributed by atoms with van der Waals surface area (Å²) in [6, 6.07) is 0. The number of rotatable bonds is 6. The smallest absolute Gasteiger partial charge is 0.0534 e. The fraction of sp³-hybridized carbons (Fsp3) is 1.00. The van der Waals surface area contributed by atoms with E-state index in [4.69, 9.17) is 4.74 Å². The van der Waals surface area contributed by atoms with E-state index in [2.05, 4.69) is 19.2 Å². The van der Waals surface area contributed by atoms with Crippen molar-refractivity contribution in [3.05, 3.63) is 0 Å². The topological polar surface area (TPSA) is 21.3 Å². The molecule has 0 aromatic carbocycles. The first-order valence-corrected chi connectivity index (χ1v) is 6.11. The van der Waals surface area contributed by atoms with Crippen LogP contribution >= 0.6 is 0 Å². The summed E-state index contributed by atoms with van der Waals surface area (Å²) in [5.41, 5.74) is 0.449. The van der Waals surface area contributed by atoms with Crippen molar-refractivity contribution < 1.29 is 4.74 Å². The molecule has 1 saturated carbocycles. The van der Waals surface area contributed by atoms with Crippen LogP contribution in [0.25, 0.3) is 0 Å². The zero-order chi connectivity index (χ0) is 10.3. The number of ether oxygens (including phenoxy) is 1. The van der Waals surface area contributed by atoms with E-state index in [0.717, 1.165) is 26.3 Å². The molecule has 0 atom stereocenters. The fourth-order valence-corrected chi connectivity index (χ4v) is 2.38. The van der Waals surface area contributed by atoms with Crippen molar-refractivity contribution >= 4 is 0 Å². The summed E-state index contributed by atoms with van der Waals surface area (Å²) in [5, 5.41) is 3.49. The van der Waals surface area contributed by atoms with Gasteiger partial charge in [0.05, 0.1) is 6.61 Å². The van der Waals surface area contributed by atoms with E-state index < -0.39 is 0 Å². The summed E-state index contributed by atoms with van der Waals surface area (Å²) in [7, 11) is 0. The highest BCUT2D eigenvalue weighted by Crippen LogP contribution is 2.35. The van der Waals surface area contributed by atoms with Gasteiger partial charge in [0.1, 0.15) is 0 Å². The predicted octanol–water partition coefficient (Wildman–Crippen LogP) is 2.58. The average Bonchev–Trinajstić information content (AvgIpc) is 2.25. The van der Waals surface area contributed by atoms with E-state index in [1.807, 2.05) is 0 Å². The van der Waals surface area contributed by atoms with Crippen LogP contribution in [0.4, 0.5) is 0 Å². The first kappa shape index (κ1) is 12.0. The molecule has 2 nitrogen and oxygen atoms in total. The van der Waals surface area contributed by atoms with Gasteiger partial charge in [-0.15, -0.1) is 0 Å². The van der Waals surface area contributed by atoms with Crippen molar-refractivity contribution in [2.24, 2.45) is 5.41 Å². The van der Waals surface area contributed by atoms with Gasteiger partial charge >= 0.3 is 0 Å². The zero-order valence-electron chi connectivity index (χ0n) is 9.77. The minimum absolute atomic E-state index is 0.449. The van der Waals surface area contributed by atoms with E-state index in [0.29, 0.717) is 5.41 Å². The summed E-state index contributed by atoms with van der Waals surface area (Å²) >= 11 is 0. The molecular formula is C12H25NO. The molecule has 0 unspecified atom stereocenters. The molecule has 0 saturated heterocycles. The van der Waals surface area contributed by atoms with Crippen molar-refractivity contribution in [3.8, 4) is 0 Å². The Balaban J connectivity index is 2.39. The second-order valence-electron chi connectivity index (χ2n) is 4.48. The lowest BCUT2D eigenvalue weighted by Gasteiger charge is -2.37. The van der Waals surface area contributed by atoms with E-state index in [-0.39, 0.29) is 0 Å². The molecule has 1 fully saturated rings. The molecule has 1 aliphatic carbocycles. The maximum atomic E-state index is 5.63. The van der Waals surface area contributed by atoms with Crippen LogP contribution in [0.3, 0.4) is 0 Å². The Morgan fingerprint density at radius 1 is 1.14 bits per heavy atom. The molecular weight excluding hydrogens is 174 g/mol. The average molecular weight is 199 g/mol. The van der Waals surface area contributed by atoms with Crippen LogP contribution in [-0.2, 0) is 4.74 Å². The van der Waals surface area contributed by atoms with Gasteiger partial charge in [-0.05, 0) is 26.3 Å². The van der Waals surface area contributed by atoms with Crippen LogP contribution in [0.5, 0.6) is 0 Å². The maximum absolute atomic E-state index is 5.63. The highest BCUT2D eigenvalue weighted by Gasteiger charge is 2.31. The Kier molecular flexibility index (Phi) is 5.49. The number of hydrogen-bond acceptors (Lipinski definition) is 2. The molecule has 0 spiro atoms. The van der Waals surface area contributed by atoms with Gasteiger partial charge in [-0.1, -0.05) is 26.2 Å². The Labute approximate surface area is 88.4 Å². The van der Waals surface area contributed by atoms with Crippen molar-refractivity contribution in [1.29, 1.82) is 0 Å². The molecule has 0 bridgehead atoms. The monoisotopic (exact) mass is 199 g/mol. The van der Waals surface area contributed by atoms with Gasteiger partial charge in [0.2, 0.25) is 0 Å². The third-order valence-electron chi connectivity index (χ3n) is 3.28. The van der Waals surface area contributed by atoms with Gasteiger partial charge in [0, 0.05) is 18.6 Å². The molecule has 2 heteroatoms. The standard InChI is InChI=1S/C12H25NO/c1-3-13-10-12(11-14-4-2)8-6-5-7-9-12/h13H,3-11H2,1-2H3. The first-order valence-electron chi connectivity index (χ1n) is 6.11. The summed E-state index contributed by atoms with van der Waals surface area (Å²) in [6.45, 7) is 8.29. The molecule has 0 radical (unpaired) electrons. The Morgan fingerprint density at radius 3 is 2.43 bits per heavy atom. The van der Waals surface area contributed by atoms with Crippen LogP contribution in [0.15, 0.2) is 0 Å². The summed E-state index contributed by atoms with van der Waals surface area (Å²) < 4.78 is 5.63. The fourth-order valence-electron chi connectivity index (χ4n) is 2.38. The zero-order valence-corrected chi connectivity index (χ0v) is 9.77. The normalized spacial score (nSPS) is 21.0. The minimum Gasteiger partial charge on any atom is -0.381 e. The molecule has 14 heavy (non-hydrogen) atoms. The minimum atomic E-state index is 0.449. The maximum Gasteiger partial charge on any atom is 0.0534 e. The third kappa shape index (κ3) is 3.58. The summed E-state index contributed by atoms with van der Waals surface area (Å²) in [5.74, 6) is 0. The van der Waals surface area contributed by atoms with Crippen LogP contribution < -0.4 is 5.32 Å². The van der Waals surface area contributed by atoms with Gasteiger partial charge in [0.25, 0.3) is 0 Å². The van der Waals surface area contributed by atoms with Gasteiger partial charge in [-0.25, -0.2) is 0 Å². The second-order valence-corrected chi connectivity index (χ2v) is 4.48. The lowest BCUT2D eigenvalue weighted by atomic mass is 9.74. The van der Waals surface area contributed by atoms with Gasteiger partial charge in [-0.3, -0.25) is 0 Å². The van der Waals surface area contributed by atoms with E-state index >= 15 is 0 Å². The molecule has 0 heterocycles. The molecule has 0 aromatic rings. The second kappa shape index (κ2) is 6.41. The first-order chi connectivity index (χ1) is 6.83. The molecule has 1 N–H and O–H groups in total. The third-order valence-corrected chi connectivity index (χ3v) is 3.28. The predicted molar refractivity (Wildman–Crippen MR) is 60.6 cm³/mol. The lowest BCUT2D eigenvalue weighted by molar-refractivity contribution is 0.0262. The largest absolute Gasteiger partial charge is 0.381 e. The lowest BCUT2D eigenvalue weighted by Crippen LogP contribution is -2.39. The molecule has 0 amide bonds. The van der Waals surface area contributed by atoms with E-state index in [1.165, 1.54) is 32.1 Å². The molecule has 1 aliphatic rings. The molecule has 0 aliphatic heterocycles. The van der Waals surface area contributed by atoms with Crippen LogP contribution in [0.1, 0.15) is 46.0 Å². The van der Waals surface area contributed by atoms with Crippen LogP contribution in [-0.4, -0.2) is 26.3 Å². The van der Waals surface area contributed by atoms with Crippen molar-refractivity contribution in [3.63, 3.8) is 0 Å². The van der Waals surface area contributed by atoms with E-state index in [9.17, 15) is 0 Å². The number of nitrogens with one attached hydrogen (secondary N) is 1. The van der Waals surface area contributed by atoms with Crippen LogP contribution in [0.2, 0.25) is 0 Å². The quantitative estimate of drug-likeness (QED) is 0.710. The van der Waals surface area contributed by atoms with Gasteiger partial charge in [-0.2, -0.15) is 0 Å². The summed E-state index contributed by atoms with van der Waals surface area (Å²) in [4.78, 5) is 0. The Hall–Kier alpha value is -0.0800. The SMILES string of the molecule is CCNCC1(COCC)CCCCC1. The highest BCUT2D eigenvalue weighted by atomic mass is 16.5. The van der Waals surface area contributed by atoms with Crippen molar-refractivity contribution in [1.82, 2.24) is 5.32 Å². The Bertz CT molecular complexity index is 131. The van der Waals surface area contributed by atoms with E-state index in [1.54, 1.807) is 0 Å². The van der Waals surface area contributed by atoms with Crippen molar-refractivity contribution in [2.45, 2.75) is 46.0 Å². The molecule has 0 aromatic heterocycles. The van der Waals surface area contributed by atoms with Crippen LogP contribution in [0, 0.1) is 5.41 Å². The Morgan fingerprint density at radius 2 is 1.86 bits per heavy atom. The molecule has 1 rings (SSSR count). The highest BCUT2D eigenvalue weighted by molar-refractivity contribution is 4.84. The summed E-state index contributed by atoms with van der Waals surface area (Å²) in [6.07, 6.45) is 6.89. The number of hydrogen-bond donors (Lipinski definition) is 1. The van der Waals surface area contributed by atoms with Crippen molar-refractivity contribution in [2.75, 3.05) is 26.3 Å². The van der Waals surface area contributed by atoms with Gasteiger partial charge < -0.3 is 10.1 Å². The molecule has 84 valence electrons. The van der Waals surface area contributed by atoms with Gasteiger partial charge in [0.15, 0.2) is 0 Å².